The Morgan fingerprint density at radius 3 is 2.54 bits per heavy atom. The zero-order valence-electron chi connectivity index (χ0n) is 8.35. The molecule has 13 heavy (non-hydrogen) atoms. The van der Waals surface area contributed by atoms with Gasteiger partial charge in [-0.25, -0.2) is 0 Å². The first-order chi connectivity index (χ1) is 6.33. The predicted octanol–water partition coefficient (Wildman–Crippen LogP) is 2.60. The minimum Gasteiger partial charge on any atom is -0.385 e. The number of rotatable bonds is 8. The molecule has 0 aromatic carbocycles. The van der Waals surface area contributed by atoms with E-state index in [0.717, 1.165) is 31.6 Å². The van der Waals surface area contributed by atoms with Crippen LogP contribution in [0.3, 0.4) is 0 Å². The van der Waals surface area contributed by atoms with Crippen LogP contribution in [-0.2, 0) is 9.47 Å². The molecular formula is C10H19BrO2. The molecule has 0 spiro atoms. The third kappa shape index (κ3) is 4.43. The van der Waals surface area contributed by atoms with Gasteiger partial charge in [0.1, 0.15) is 0 Å². The fourth-order valence-electron chi connectivity index (χ4n) is 1.32. The van der Waals surface area contributed by atoms with Crippen LogP contribution in [0.4, 0.5) is 0 Å². The van der Waals surface area contributed by atoms with Crippen LogP contribution in [0.5, 0.6) is 0 Å². The molecule has 0 radical (unpaired) electrons. The fourth-order valence-corrected chi connectivity index (χ4v) is 2.16. The van der Waals surface area contributed by atoms with E-state index in [2.05, 4.69) is 15.9 Å². The zero-order chi connectivity index (χ0) is 9.57. The van der Waals surface area contributed by atoms with Gasteiger partial charge < -0.3 is 9.47 Å². The van der Waals surface area contributed by atoms with E-state index in [0.29, 0.717) is 5.41 Å². The Balaban J connectivity index is 1.84. The van der Waals surface area contributed by atoms with Gasteiger partial charge in [-0.3, -0.25) is 0 Å². The summed E-state index contributed by atoms with van der Waals surface area (Å²) in [7, 11) is 1.73. The zero-order valence-corrected chi connectivity index (χ0v) is 9.94. The van der Waals surface area contributed by atoms with E-state index >= 15 is 0 Å². The minimum absolute atomic E-state index is 0.598. The SMILES string of the molecule is COCCCOCCC1(CBr)CC1. The Bertz CT molecular complexity index is 135. The van der Waals surface area contributed by atoms with E-state index in [1.807, 2.05) is 0 Å². The van der Waals surface area contributed by atoms with Crippen molar-refractivity contribution in [3.05, 3.63) is 0 Å². The van der Waals surface area contributed by atoms with Crippen molar-refractivity contribution in [2.45, 2.75) is 25.7 Å². The van der Waals surface area contributed by atoms with Gasteiger partial charge in [-0.2, -0.15) is 0 Å². The number of alkyl halides is 1. The number of ether oxygens (including phenoxy) is 2. The molecule has 1 rings (SSSR count). The first-order valence-corrected chi connectivity index (χ1v) is 6.08. The van der Waals surface area contributed by atoms with Crippen molar-refractivity contribution in [2.24, 2.45) is 5.41 Å². The molecule has 0 aromatic rings. The van der Waals surface area contributed by atoms with E-state index in [-0.39, 0.29) is 0 Å². The van der Waals surface area contributed by atoms with Crippen LogP contribution < -0.4 is 0 Å². The lowest BCUT2D eigenvalue weighted by molar-refractivity contribution is 0.0935. The second-order valence-electron chi connectivity index (χ2n) is 3.84. The molecule has 0 heterocycles. The lowest BCUT2D eigenvalue weighted by Crippen LogP contribution is -2.08. The molecule has 0 aromatic heterocycles. The highest BCUT2D eigenvalue weighted by Crippen LogP contribution is 2.49. The maximum absolute atomic E-state index is 5.51. The Hall–Kier alpha value is 0.400. The molecule has 0 N–H and O–H groups in total. The largest absolute Gasteiger partial charge is 0.385 e. The normalized spacial score (nSPS) is 18.9. The van der Waals surface area contributed by atoms with Crippen molar-refractivity contribution in [2.75, 3.05) is 32.3 Å². The van der Waals surface area contributed by atoms with Crippen molar-refractivity contribution in [1.29, 1.82) is 0 Å². The van der Waals surface area contributed by atoms with Gasteiger partial charge in [-0.05, 0) is 31.1 Å². The van der Waals surface area contributed by atoms with E-state index in [9.17, 15) is 0 Å². The maximum Gasteiger partial charge on any atom is 0.0487 e. The van der Waals surface area contributed by atoms with Crippen LogP contribution in [0.2, 0.25) is 0 Å². The minimum atomic E-state index is 0.598. The van der Waals surface area contributed by atoms with E-state index < -0.39 is 0 Å². The molecule has 1 fully saturated rings. The van der Waals surface area contributed by atoms with Gasteiger partial charge in [0.2, 0.25) is 0 Å². The molecule has 3 heteroatoms. The van der Waals surface area contributed by atoms with Gasteiger partial charge in [-0.15, -0.1) is 0 Å². The quantitative estimate of drug-likeness (QED) is 0.487. The first-order valence-electron chi connectivity index (χ1n) is 4.96. The number of halogens is 1. The number of hydrogen-bond acceptors (Lipinski definition) is 2. The first kappa shape index (κ1) is 11.5. The van der Waals surface area contributed by atoms with Gasteiger partial charge in [-0.1, -0.05) is 15.9 Å². The van der Waals surface area contributed by atoms with E-state index in [4.69, 9.17) is 9.47 Å². The average molecular weight is 251 g/mol. The van der Waals surface area contributed by atoms with Crippen LogP contribution in [0, 0.1) is 5.41 Å². The molecule has 0 saturated heterocycles. The summed E-state index contributed by atoms with van der Waals surface area (Å²) in [6.45, 7) is 2.56. The van der Waals surface area contributed by atoms with Crippen LogP contribution in [0.25, 0.3) is 0 Å². The van der Waals surface area contributed by atoms with Crippen molar-refractivity contribution in [1.82, 2.24) is 0 Å². The van der Waals surface area contributed by atoms with Crippen LogP contribution in [0.15, 0.2) is 0 Å². The third-order valence-corrected chi connectivity index (χ3v) is 3.84. The molecule has 0 bridgehead atoms. The van der Waals surface area contributed by atoms with Gasteiger partial charge >= 0.3 is 0 Å². The summed E-state index contributed by atoms with van der Waals surface area (Å²) in [5.41, 5.74) is 0.598. The number of methoxy groups -OCH3 is 1. The molecular weight excluding hydrogens is 232 g/mol. The second kappa shape index (κ2) is 5.99. The summed E-state index contributed by atoms with van der Waals surface area (Å²) < 4.78 is 10.4. The highest BCUT2D eigenvalue weighted by molar-refractivity contribution is 9.09. The molecule has 1 aliphatic carbocycles. The van der Waals surface area contributed by atoms with E-state index in [1.165, 1.54) is 19.3 Å². The van der Waals surface area contributed by atoms with E-state index in [1.54, 1.807) is 7.11 Å². The molecule has 0 atom stereocenters. The molecule has 0 amide bonds. The molecule has 1 saturated carbocycles. The van der Waals surface area contributed by atoms with Gasteiger partial charge in [0.05, 0.1) is 0 Å². The Morgan fingerprint density at radius 2 is 2.00 bits per heavy atom. The summed E-state index contributed by atoms with van der Waals surface area (Å²) in [4.78, 5) is 0. The van der Waals surface area contributed by atoms with Crippen LogP contribution in [-0.4, -0.2) is 32.3 Å². The smallest absolute Gasteiger partial charge is 0.0487 e. The van der Waals surface area contributed by atoms with Crippen molar-refractivity contribution in [3.63, 3.8) is 0 Å². The third-order valence-electron chi connectivity index (χ3n) is 2.65. The maximum atomic E-state index is 5.51. The van der Waals surface area contributed by atoms with Gasteiger partial charge in [0, 0.05) is 32.3 Å². The van der Waals surface area contributed by atoms with Gasteiger partial charge in [0.25, 0.3) is 0 Å². The second-order valence-corrected chi connectivity index (χ2v) is 4.40. The van der Waals surface area contributed by atoms with Crippen LogP contribution >= 0.6 is 15.9 Å². The molecule has 2 nitrogen and oxygen atoms in total. The summed E-state index contributed by atoms with van der Waals surface area (Å²) in [5, 5.41) is 1.14. The van der Waals surface area contributed by atoms with Crippen LogP contribution in [0.1, 0.15) is 25.7 Å². The summed E-state index contributed by atoms with van der Waals surface area (Å²) in [6.07, 6.45) is 4.97. The number of hydrogen-bond donors (Lipinski definition) is 0. The Labute approximate surface area is 89.1 Å². The van der Waals surface area contributed by atoms with Crippen molar-refractivity contribution in [3.8, 4) is 0 Å². The van der Waals surface area contributed by atoms with Crippen molar-refractivity contribution >= 4 is 15.9 Å². The summed E-state index contributed by atoms with van der Waals surface area (Å²) >= 11 is 3.55. The topological polar surface area (TPSA) is 18.5 Å². The van der Waals surface area contributed by atoms with Gasteiger partial charge in [0.15, 0.2) is 0 Å². The highest BCUT2D eigenvalue weighted by atomic mass is 79.9. The molecule has 1 aliphatic rings. The molecule has 78 valence electrons. The molecule has 0 unspecified atom stereocenters. The predicted molar refractivity (Wildman–Crippen MR) is 57.4 cm³/mol. The average Bonchev–Trinajstić information content (AvgIpc) is 2.92. The Morgan fingerprint density at radius 1 is 1.23 bits per heavy atom. The highest BCUT2D eigenvalue weighted by Gasteiger charge is 2.40. The lowest BCUT2D eigenvalue weighted by Gasteiger charge is -2.10. The standard InChI is InChI=1S/C10H19BrO2/c1-12-6-2-7-13-8-5-10(9-11)3-4-10/h2-9H2,1H3. The summed E-state index contributed by atoms with van der Waals surface area (Å²) in [6, 6.07) is 0. The van der Waals surface area contributed by atoms with Crippen molar-refractivity contribution < 1.29 is 9.47 Å². The summed E-state index contributed by atoms with van der Waals surface area (Å²) in [5.74, 6) is 0. The monoisotopic (exact) mass is 250 g/mol. The Kier molecular flexibility index (Phi) is 5.29. The fraction of sp³-hybridized carbons (Fsp3) is 1.00. The molecule has 0 aliphatic heterocycles. The lowest BCUT2D eigenvalue weighted by atomic mass is 10.1.